The Kier molecular flexibility index (Phi) is 19.2. The molecule has 0 unspecified atom stereocenters. The lowest BCUT2D eigenvalue weighted by Gasteiger charge is -2.03. The molecule has 2 nitrogen and oxygen atoms in total. The molecule has 0 aromatic carbocycles. The third kappa shape index (κ3) is 21.0. The Labute approximate surface area is 150 Å². The van der Waals surface area contributed by atoms with Crippen LogP contribution in [0.1, 0.15) is 116 Å². The van der Waals surface area contributed by atoms with Crippen LogP contribution in [-0.4, -0.2) is 11.1 Å². The predicted molar refractivity (Wildman–Crippen MR) is 104 cm³/mol. The topological polar surface area (TPSA) is 37.3 Å². The highest BCUT2D eigenvalue weighted by molar-refractivity contribution is 5.68. The summed E-state index contributed by atoms with van der Waals surface area (Å²) >= 11 is 0. The highest BCUT2D eigenvalue weighted by Gasteiger charge is 1.94. The molecule has 0 rings (SSSR count). The van der Waals surface area contributed by atoms with Crippen molar-refractivity contribution in [3.05, 3.63) is 17.9 Å². The second-order valence-electron chi connectivity index (χ2n) is 6.91. The summed E-state index contributed by atoms with van der Waals surface area (Å²) in [5, 5.41) is 8.47. The second kappa shape index (κ2) is 20.0. The maximum atomic E-state index is 10.3. The van der Waals surface area contributed by atoms with Crippen LogP contribution in [0.15, 0.2) is 17.9 Å². The number of rotatable bonds is 18. The van der Waals surface area contributed by atoms with E-state index in [9.17, 15) is 4.79 Å². The molecule has 0 fully saturated rings. The average Bonchev–Trinajstić information content (AvgIpc) is 2.56. The third-order valence-electron chi connectivity index (χ3n) is 4.46. The van der Waals surface area contributed by atoms with Crippen LogP contribution >= 0.6 is 0 Å². The Morgan fingerprint density at radius 3 is 1.54 bits per heavy atom. The molecule has 0 atom stereocenters. The van der Waals surface area contributed by atoms with Crippen LogP contribution < -0.4 is 0 Å². The van der Waals surface area contributed by atoms with Gasteiger partial charge in [0.1, 0.15) is 0 Å². The van der Waals surface area contributed by atoms with Crippen LogP contribution in [0.5, 0.6) is 0 Å². The lowest BCUT2D eigenvalue weighted by molar-refractivity contribution is -0.135. The molecule has 24 heavy (non-hydrogen) atoms. The first-order chi connectivity index (χ1) is 11.8. The standard InChI is InChI=1S/C22H40O2/c1-2-3-4-5-6-7-8-9-10-11-12-13-14-15-16-17-18-19-20-21-22(23)24/h18,20H,2-17,21H2,1H3,(H,23,24). The van der Waals surface area contributed by atoms with E-state index in [0.717, 1.165) is 6.42 Å². The van der Waals surface area contributed by atoms with E-state index in [1.807, 2.05) is 6.08 Å². The number of carbonyl (C=O) groups is 1. The van der Waals surface area contributed by atoms with Crippen LogP contribution in [-0.2, 0) is 4.79 Å². The number of carboxylic acids is 1. The van der Waals surface area contributed by atoms with Gasteiger partial charge in [0, 0.05) is 0 Å². The molecular weight excluding hydrogens is 296 g/mol. The van der Waals surface area contributed by atoms with Gasteiger partial charge in [-0.15, -0.1) is 5.73 Å². The smallest absolute Gasteiger partial charge is 0.307 e. The molecule has 0 saturated carbocycles. The molecule has 0 radical (unpaired) electrons. The summed E-state index contributed by atoms with van der Waals surface area (Å²) in [5.74, 6) is -0.789. The van der Waals surface area contributed by atoms with E-state index in [0.29, 0.717) is 0 Å². The fraction of sp³-hybridized carbons (Fsp3) is 0.818. The first kappa shape index (κ1) is 23.0. The van der Waals surface area contributed by atoms with Crippen LogP contribution in [0, 0.1) is 0 Å². The van der Waals surface area contributed by atoms with E-state index in [1.165, 1.54) is 96.3 Å². The highest BCUT2D eigenvalue weighted by Crippen LogP contribution is 2.13. The maximum Gasteiger partial charge on any atom is 0.307 e. The van der Waals surface area contributed by atoms with Crippen molar-refractivity contribution in [2.45, 2.75) is 116 Å². The van der Waals surface area contributed by atoms with E-state index in [4.69, 9.17) is 5.11 Å². The Morgan fingerprint density at radius 2 is 1.12 bits per heavy atom. The summed E-state index contributed by atoms with van der Waals surface area (Å²) in [7, 11) is 0. The van der Waals surface area contributed by atoms with Crippen molar-refractivity contribution in [1.82, 2.24) is 0 Å². The van der Waals surface area contributed by atoms with Crippen molar-refractivity contribution >= 4 is 5.97 Å². The summed E-state index contributed by atoms with van der Waals surface area (Å²) in [6.07, 6.45) is 25.5. The molecule has 1 N–H and O–H groups in total. The molecule has 0 aliphatic carbocycles. The second-order valence-corrected chi connectivity index (χ2v) is 6.91. The Balaban J connectivity index is 3.10. The first-order valence-corrected chi connectivity index (χ1v) is 10.4. The molecular formula is C22H40O2. The minimum Gasteiger partial charge on any atom is -0.481 e. The molecule has 0 aromatic rings. The van der Waals surface area contributed by atoms with Gasteiger partial charge in [0.25, 0.3) is 0 Å². The van der Waals surface area contributed by atoms with E-state index in [2.05, 4.69) is 12.7 Å². The summed E-state index contributed by atoms with van der Waals surface area (Å²) in [6, 6.07) is 0. The monoisotopic (exact) mass is 336 g/mol. The van der Waals surface area contributed by atoms with Crippen molar-refractivity contribution in [3.8, 4) is 0 Å². The van der Waals surface area contributed by atoms with E-state index >= 15 is 0 Å². The van der Waals surface area contributed by atoms with Crippen molar-refractivity contribution in [3.63, 3.8) is 0 Å². The molecule has 0 spiro atoms. The van der Waals surface area contributed by atoms with Gasteiger partial charge in [-0.2, -0.15) is 0 Å². The molecule has 0 bridgehead atoms. The number of hydrogen-bond acceptors (Lipinski definition) is 1. The quantitative estimate of drug-likeness (QED) is 0.209. The fourth-order valence-corrected chi connectivity index (χ4v) is 2.93. The van der Waals surface area contributed by atoms with Crippen LogP contribution in [0.25, 0.3) is 0 Å². The summed E-state index contributed by atoms with van der Waals surface area (Å²) in [6.45, 7) is 2.28. The van der Waals surface area contributed by atoms with Crippen molar-refractivity contribution in [1.29, 1.82) is 0 Å². The number of aliphatic carboxylic acids is 1. The van der Waals surface area contributed by atoms with Crippen molar-refractivity contribution < 1.29 is 9.90 Å². The SMILES string of the molecule is CCCCCCCCCCCCCCCCCC=C=CCC(=O)O. The van der Waals surface area contributed by atoms with Gasteiger partial charge in [-0.25, -0.2) is 0 Å². The largest absolute Gasteiger partial charge is 0.481 e. The number of unbranched alkanes of at least 4 members (excludes halogenated alkanes) is 15. The number of carboxylic acid groups (broad SMARTS) is 1. The lowest BCUT2D eigenvalue weighted by Crippen LogP contribution is -1.88. The van der Waals surface area contributed by atoms with Gasteiger partial charge in [0.2, 0.25) is 0 Å². The zero-order valence-corrected chi connectivity index (χ0v) is 16.0. The van der Waals surface area contributed by atoms with Gasteiger partial charge < -0.3 is 5.11 Å². The molecule has 0 saturated heterocycles. The van der Waals surface area contributed by atoms with E-state index < -0.39 is 5.97 Å². The normalized spacial score (nSPS) is 10.4. The van der Waals surface area contributed by atoms with Gasteiger partial charge in [-0.1, -0.05) is 96.8 Å². The molecule has 0 aromatic heterocycles. The van der Waals surface area contributed by atoms with Gasteiger partial charge in [0.15, 0.2) is 0 Å². The lowest BCUT2D eigenvalue weighted by atomic mass is 10.0. The summed E-state index contributed by atoms with van der Waals surface area (Å²) in [4.78, 5) is 10.3. The van der Waals surface area contributed by atoms with E-state index in [1.54, 1.807) is 6.08 Å². The highest BCUT2D eigenvalue weighted by atomic mass is 16.4. The third-order valence-corrected chi connectivity index (χ3v) is 4.46. The van der Waals surface area contributed by atoms with Crippen LogP contribution in [0.3, 0.4) is 0 Å². The number of hydrogen-bond donors (Lipinski definition) is 1. The molecule has 2 heteroatoms. The fourth-order valence-electron chi connectivity index (χ4n) is 2.93. The zero-order valence-electron chi connectivity index (χ0n) is 16.0. The maximum absolute atomic E-state index is 10.3. The zero-order chi connectivity index (χ0) is 17.7. The molecule has 0 amide bonds. The minimum absolute atomic E-state index is 0.0787. The Hall–Kier alpha value is -1.01. The van der Waals surface area contributed by atoms with Gasteiger partial charge in [-0.05, 0) is 25.0 Å². The van der Waals surface area contributed by atoms with Crippen LogP contribution in [0.4, 0.5) is 0 Å². The molecule has 0 aliphatic heterocycles. The average molecular weight is 337 g/mol. The van der Waals surface area contributed by atoms with E-state index in [-0.39, 0.29) is 6.42 Å². The Bertz CT molecular complexity index is 327. The van der Waals surface area contributed by atoms with Gasteiger partial charge in [0.05, 0.1) is 6.42 Å². The van der Waals surface area contributed by atoms with Gasteiger partial charge >= 0.3 is 5.97 Å². The van der Waals surface area contributed by atoms with Crippen molar-refractivity contribution in [2.75, 3.05) is 0 Å². The molecule has 0 heterocycles. The minimum atomic E-state index is -0.789. The first-order valence-electron chi connectivity index (χ1n) is 10.4. The summed E-state index contributed by atoms with van der Waals surface area (Å²) in [5.41, 5.74) is 2.94. The predicted octanol–water partition coefficient (Wildman–Crippen LogP) is 7.43. The van der Waals surface area contributed by atoms with Gasteiger partial charge in [-0.3, -0.25) is 4.79 Å². The molecule has 140 valence electrons. The summed E-state index contributed by atoms with van der Waals surface area (Å²) < 4.78 is 0. The van der Waals surface area contributed by atoms with Crippen molar-refractivity contribution in [2.24, 2.45) is 0 Å². The Morgan fingerprint density at radius 1 is 0.708 bits per heavy atom. The van der Waals surface area contributed by atoms with Crippen LogP contribution in [0.2, 0.25) is 0 Å². The molecule has 0 aliphatic rings.